The molecular weight excluding hydrogens is 466 g/mol. The molecular formula is C21H29N5O9. The van der Waals surface area contributed by atoms with Gasteiger partial charge in [-0.25, -0.2) is 4.79 Å². The number of carboxylic acid groups (broad SMARTS) is 2. The average Bonchev–Trinajstić information content (AvgIpc) is 2.79. The number of amides is 4. The van der Waals surface area contributed by atoms with Crippen LogP contribution in [0.15, 0.2) is 30.3 Å². The fraction of sp³-hybridized carbons (Fsp3) is 0.429. The Bertz CT molecular complexity index is 925. The summed E-state index contributed by atoms with van der Waals surface area (Å²) in [7, 11) is 0. The van der Waals surface area contributed by atoms with E-state index in [4.69, 9.17) is 21.7 Å². The molecule has 0 aliphatic rings. The number of carboxylic acids is 2. The van der Waals surface area contributed by atoms with Gasteiger partial charge in [-0.3, -0.25) is 24.0 Å². The number of carbonyl (C=O) groups excluding carboxylic acids is 4. The quantitative estimate of drug-likeness (QED) is 0.121. The summed E-state index contributed by atoms with van der Waals surface area (Å²) in [5.74, 6) is -6.45. The highest BCUT2D eigenvalue weighted by Gasteiger charge is 2.30. The highest BCUT2D eigenvalue weighted by atomic mass is 16.4. The molecule has 14 heteroatoms. The summed E-state index contributed by atoms with van der Waals surface area (Å²) in [6.45, 7) is -0.897. The number of aliphatic carboxylic acids is 2. The molecule has 4 unspecified atom stereocenters. The van der Waals surface area contributed by atoms with Crippen molar-refractivity contribution in [3.05, 3.63) is 35.9 Å². The molecule has 0 fully saturated rings. The van der Waals surface area contributed by atoms with Crippen molar-refractivity contribution >= 4 is 35.6 Å². The van der Waals surface area contributed by atoms with Crippen LogP contribution in [0.5, 0.6) is 0 Å². The molecule has 4 amide bonds. The highest BCUT2D eigenvalue weighted by Crippen LogP contribution is 2.06. The number of aliphatic hydroxyl groups excluding tert-OH is 1. The summed E-state index contributed by atoms with van der Waals surface area (Å²) < 4.78 is 0. The van der Waals surface area contributed by atoms with Crippen molar-refractivity contribution in [2.24, 2.45) is 11.5 Å². The Kier molecular flexibility index (Phi) is 11.8. The van der Waals surface area contributed by atoms with Crippen LogP contribution in [0.25, 0.3) is 0 Å². The Hall–Kier alpha value is -4.04. The summed E-state index contributed by atoms with van der Waals surface area (Å²) >= 11 is 0. The number of rotatable bonds is 15. The molecule has 0 radical (unpaired) electrons. The van der Waals surface area contributed by atoms with E-state index < -0.39 is 72.8 Å². The SMILES string of the molecule is NC(=O)CCC(NC(=O)C(N)CC(=O)O)C(=O)NC(Cc1ccccc1)C(=O)NC(CO)C(=O)O. The molecule has 0 aliphatic carbocycles. The molecule has 0 aromatic heterocycles. The van der Waals surface area contributed by atoms with Crippen molar-refractivity contribution in [1.29, 1.82) is 0 Å². The number of primary amides is 1. The summed E-state index contributed by atoms with van der Waals surface area (Å²) in [5.41, 5.74) is 11.2. The second-order valence-electron chi connectivity index (χ2n) is 7.60. The molecule has 1 aromatic carbocycles. The van der Waals surface area contributed by atoms with Crippen LogP contribution < -0.4 is 27.4 Å². The van der Waals surface area contributed by atoms with E-state index in [0.717, 1.165) is 0 Å². The van der Waals surface area contributed by atoms with E-state index >= 15 is 0 Å². The van der Waals surface area contributed by atoms with Crippen LogP contribution >= 0.6 is 0 Å². The Morgan fingerprint density at radius 2 is 1.37 bits per heavy atom. The van der Waals surface area contributed by atoms with Gasteiger partial charge >= 0.3 is 11.9 Å². The lowest BCUT2D eigenvalue weighted by Crippen LogP contribution is -2.58. The van der Waals surface area contributed by atoms with Crippen LogP contribution in [0.2, 0.25) is 0 Å². The summed E-state index contributed by atoms with van der Waals surface area (Å²) in [5, 5.41) is 33.8. The molecule has 0 saturated carbocycles. The third-order valence-corrected chi connectivity index (χ3v) is 4.76. The molecule has 10 N–H and O–H groups in total. The molecule has 1 aromatic rings. The van der Waals surface area contributed by atoms with Crippen LogP contribution in [0, 0.1) is 0 Å². The second-order valence-corrected chi connectivity index (χ2v) is 7.60. The van der Waals surface area contributed by atoms with E-state index in [1.807, 2.05) is 0 Å². The van der Waals surface area contributed by atoms with Crippen molar-refractivity contribution in [1.82, 2.24) is 16.0 Å². The largest absolute Gasteiger partial charge is 0.481 e. The van der Waals surface area contributed by atoms with Crippen LogP contribution in [0.1, 0.15) is 24.8 Å². The lowest BCUT2D eigenvalue weighted by Gasteiger charge is -2.25. The topological polar surface area (TPSA) is 251 Å². The zero-order valence-corrected chi connectivity index (χ0v) is 18.7. The fourth-order valence-electron chi connectivity index (χ4n) is 2.90. The molecule has 0 heterocycles. The van der Waals surface area contributed by atoms with Gasteiger partial charge in [0.15, 0.2) is 0 Å². The number of carbonyl (C=O) groups is 6. The number of nitrogens with one attached hydrogen (secondary N) is 3. The van der Waals surface area contributed by atoms with Gasteiger partial charge in [0, 0.05) is 12.8 Å². The maximum Gasteiger partial charge on any atom is 0.328 e. The molecule has 1 rings (SSSR count). The zero-order valence-electron chi connectivity index (χ0n) is 18.7. The Balaban J connectivity index is 3.10. The molecule has 14 nitrogen and oxygen atoms in total. The van der Waals surface area contributed by atoms with Gasteiger partial charge in [0.05, 0.1) is 19.1 Å². The van der Waals surface area contributed by atoms with Gasteiger partial charge in [-0.1, -0.05) is 30.3 Å². The molecule has 0 saturated heterocycles. The molecule has 0 aliphatic heterocycles. The molecule has 35 heavy (non-hydrogen) atoms. The van der Waals surface area contributed by atoms with E-state index in [1.165, 1.54) is 0 Å². The van der Waals surface area contributed by atoms with E-state index in [1.54, 1.807) is 30.3 Å². The lowest BCUT2D eigenvalue weighted by molar-refractivity contribution is -0.143. The van der Waals surface area contributed by atoms with Crippen LogP contribution in [0.3, 0.4) is 0 Å². The van der Waals surface area contributed by atoms with Crippen LogP contribution in [-0.2, 0) is 35.2 Å². The lowest BCUT2D eigenvalue weighted by atomic mass is 10.0. The molecule has 0 spiro atoms. The second kappa shape index (κ2) is 14.3. The van der Waals surface area contributed by atoms with Crippen molar-refractivity contribution in [3.63, 3.8) is 0 Å². The van der Waals surface area contributed by atoms with Crippen molar-refractivity contribution < 1.29 is 44.1 Å². The highest BCUT2D eigenvalue weighted by molar-refractivity contribution is 5.95. The fourth-order valence-corrected chi connectivity index (χ4v) is 2.90. The molecule has 0 bridgehead atoms. The van der Waals surface area contributed by atoms with E-state index in [2.05, 4.69) is 16.0 Å². The van der Waals surface area contributed by atoms with E-state index in [9.17, 15) is 33.9 Å². The first-order valence-corrected chi connectivity index (χ1v) is 10.5. The first-order valence-electron chi connectivity index (χ1n) is 10.5. The monoisotopic (exact) mass is 495 g/mol. The van der Waals surface area contributed by atoms with Crippen LogP contribution in [0.4, 0.5) is 0 Å². The van der Waals surface area contributed by atoms with Crippen molar-refractivity contribution in [3.8, 4) is 0 Å². The van der Waals surface area contributed by atoms with Crippen molar-refractivity contribution in [2.75, 3.05) is 6.61 Å². The number of aliphatic hydroxyl groups is 1. The smallest absolute Gasteiger partial charge is 0.328 e. The minimum absolute atomic E-state index is 0.0782. The van der Waals surface area contributed by atoms with E-state index in [0.29, 0.717) is 5.56 Å². The Morgan fingerprint density at radius 1 is 0.829 bits per heavy atom. The predicted octanol–water partition coefficient (Wildman–Crippen LogP) is -3.17. The first-order chi connectivity index (χ1) is 16.4. The standard InChI is InChI=1S/C21H29N5O9/c22-12(9-17(29)30)18(31)24-13(6-7-16(23)28)19(32)25-14(8-11-4-2-1-3-5-11)20(33)26-15(10-27)21(34)35/h1-5,12-15,27H,6-10,22H2,(H2,23,28)(H,24,31)(H,25,32)(H,26,33)(H,29,30)(H,34,35). The molecule has 4 atom stereocenters. The summed E-state index contributed by atoms with van der Waals surface area (Å²) in [6, 6.07) is 2.54. The van der Waals surface area contributed by atoms with Gasteiger partial charge in [0.1, 0.15) is 18.1 Å². The normalized spacial score (nSPS) is 14.0. The third kappa shape index (κ3) is 10.6. The van der Waals surface area contributed by atoms with Gasteiger partial charge < -0.3 is 42.7 Å². The van der Waals surface area contributed by atoms with E-state index in [-0.39, 0.29) is 19.3 Å². The Labute approximate surface area is 200 Å². The average molecular weight is 495 g/mol. The number of benzene rings is 1. The van der Waals surface area contributed by atoms with Gasteiger partial charge in [-0.05, 0) is 12.0 Å². The maximum atomic E-state index is 12.9. The maximum absolute atomic E-state index is 12.9. The van der Waals surface area contributed by atoms with Crippen molar-refractivity contribution in [2.45, 2.75) is 49.9 Å². The van der Waals surface area contributed by atoms with Gasteiger partial charge in [-0.2, -0.15) is 0 Å². The first kappa shape index (κ1) is 29.0. The van der Waals surface area contributed by atoms with Gasteiger partial charge in [-0.15, -0.1) is 0 Å². The number of nitrogens with two attached hydrogens (primary N) is 2. The van der Waals surface area contributed by atoms with Crippen LogP contribution in [-0.4, -0.2) is 81.7 Å². The van der Waals surface area contributed by atoms with Gasteiger partial charge in [0.25, 0.3) is 0 Å². The van der Waals surface area contributed by atoms with Gasteiger partial charge in [0.2, 0.25) is 23.6 Å². The minimum atomic E-state index is -1.63. The summed E-state index contributed by atoms with van der Waals surface area (Å²) in [6.07, 6.45) is -1.40. The predicted molar refractivity (Wildman–Crippen MR) is 119 cm³/mol. The number of hydrogen-bond donors (Lipinski definition) is 8. The number of hydrogen-bond acceptors (Lipinski definition) is 8. The third-order valence-electron chi connectivity index (χ3n) is 4.76. The Morgan fingerprint density at radius 3 is 1.89 bits per heavy atom. The zero-order chi connectivity index (χ0) is 26.5. The minimum Gasteiger partial charge on any atom is -0.481 e. The summed E-state index contributed by atoms with van der Waals surface area (Å²) in [4.78, 5) is 71.1. The molecule has 192 valence electrons.